The number of ether oxygens (including phenoxy) is 1. The van der Waals surface area contributed by atoms with Crippen LogP contribution in [0.1, 0.15) is 80.6 Å². The van der Waals surface area contributed by atoms with E-state index in [0.29, 0.717) is 17.8 Å². The van der Waals surface area contributed by atoms with Crippen molar-refractivity contribution in [1.29, 1.82) is 0 Å². The van der Waals surface area contributed by atoms with E-state index in [1.807, 2.05) is 0 Å². The lowest BCUT2D eigenvalue weighted by molar-refractivity contribution is -0.180. The van der Waals surface area contributed by atoms with Crippen LogP contribution < -0.4 is 0 Å². The van der Waals surface area contributed by atoms with Gasteiger partial charge in [0.1, 0.15) is 5.60 Å². The average Bonchev–Trinajstić information content (AvgIpc) is 2.77. The third-order valence-electron chi connectivity index (χ3n) is 5.37. The first-order valence-electron chi connectivity index (χ1n) is 8.37. The van der Waals surface area contributed by atoms with Gasteiger partial charge in [0.05, 0.1) is 5.41 Å². The monoisotopic (exact) mass is 282 g/mol. The average molecular weight is 282 g/mol. The van der Waals surface area contributed by atoms with Gasteiger partial charge in [-0.05, 0) is 56.8 Å². The highest BCUT2D eigenvalue weighted by Gasteiger charge is 2.46. The first-order chi connectivity index (χ1) is 9.14. The Hall–Kier alpha value is -0.530. The van der Waals surface area contributed by atoms with Crippen LogP contribution in [0, 0.1) is 23.2 Å². The fourth-order valence-electron chi connectivity index (χ4n) is 3.47. The lowest BCUT2D eigenvalue weighted by Gasteiger charge is -2.40. The van der Waals surface area contributed by atoms with E-state index in [4.69, 9.17) is 4.74 Å². The molecule has 20 heavy (non-hydrogen) atoms. The van der Waals surface area contributed by atoms with Crippen LogP contribution in [-0.2, 0) is 9.53 Å². The van der Waals surface area contributed by atoms with Crippen LogP contribution in [0.15, 0.2) is 0 Å². The van der Waals surface area contributed by atoms with E-state index in [0.717, 1.165) is 19.3 Å². The smallest absolute Gasteiger partial charge is 0.312 e. The maximum atomic E-state index is 12.9. The largest absolute Gasteiger partial charge is 0.458 e. The third-order valence-corrected chi connectivity index (χ3v) is 5.37. The van der Waals surface area contributed by atoms with Crippen molar-refractivity contribution >= 4 is 5.97 Å². The summed E-state index contributed by atoms with van der Waals surface area (Å²) in [6, 6.07) is 0. The van der Waals surface area contributed by atoms with Crippen LogP contribution in [0.2, 0.25) is 0 Å². The Morgan fingerprint density at radius 1 is 1.10 bits per heavy atom. The second kappa shape index (κ2) is 6.49. The van der Waals surface area contributed by atoms with Gasteiger partial charge in [-0.2, -0.15) is 0 Å². The quantitative estimate of drug-likeness (QED) is 0.625. The molecule has 0 N–H and O–H groups in total. The molecule has 0 heterocycles. The van der Waals surface area contributed by atoms with E-state index >= 15 is 0 Å². The summed E-state index contributed by atoms with van der Waals surface area (Å²) in [7, 11) is 0. The molecule has 0 bridgehead atoms. The summed E-state index contributed by atoms with van der Waals surface area (Å²) in [5.41, 5.74) is -0.567. The summed E-state index contributed by atoms with van der Waals surface area (Å²) in [6.07, 6.45) is 5.35. The van der Waals surface area contributed by atoms with Crippen LogP contribution in [0.5, 0.6) is 0 Å². The van der Waals surface area contributed by atoms with E-state index in [1.165, 1.54) is 12.8 Å². The molecule has 2 nitrogen and oxygen atoms in total. The number of hydrogen-bond donors (Lipinski definition) is 0. The zero-order valence-corrected chi connectivity index (χ0v) is 14.6. The van der Waals surface area contributed by atoms with Gasteiger partial charge in [0.2, 0.25) is 0 Å². The molecule has 0 saturated heterocycles. The van der Waals surface area contributed by atoms with Crippen LogP contribution in [0.25, 0.3) is 0 Å². The highest BCUT2D eigenvalue weighted by atomic mass is 16.6. The van der Waals surface area contributed by atoms with Crippen molar-refractivity contribution in [3.63, 3.8) is 0 Å². The number of carbonyl (C=O) groups is 1. The van der Waals surface area contributed by atoms with E-state index in [2.05, 4.69) is 48.5 Å². The van der Waals surface area contributed by atoms with Gasteiger partial charge in [-0.25, -0.2) is 0 Å². The van der Waals surface area contributed by atoms with Crippen LogP contribution in [-0.4, -0.2) is 11.6 Å². The fourth-order valence-corrected chi connectivity index (χ4v) is 3.47. The van der Waals surface area contributed by atoms with Crippen LogP contribution >= 0.6 is 0 Å². The molecule has 1 aliphatic rings. The highest BCUT2D eigenvalue weighted by molar-refractivity contribution is 5.77. The molecule has 0 aromatic rings. The molecule has 1 saturated carbocycles. The molecule has 1 aliphatic carbocycles. The second-order valence-electron chi connectivity index (χ2n) is 7.99. The number of esters is 1. The molecule has 0 aromatic heterocycles. The zero-order chi connectivity index (χ0) is 15.6. The number of hydrogen-bond acceptors (Lipinski definition) is 2. The normalized spacial score (nSPS) is 21.5. The van der Waals surface area contributed by atoms with Crippen molar-refractivity contribution in [3.05, 3.63) is 0 Å². The van der Waals surface area contributed by atoms with Gasteiger partial charge in [-0.15, -0.1) is 0 Å². The first-order valence-corrected chi connectivity index (χ1v) is 8.37. The Kier molecular flexibility index (Phi) is 5.69. The van der Waals surface area contributed by atoms with Crippen LogP contribution in [0.3, 0.4) is 0 Å². The summed E-state index contributed by atoms with van der Waals surface area (Å²) >= 11 is 0. The molecule has 2 heteroatoms. The van der Waals surface area contributed by atoms with Gasteiger partial charge in [0, 0.05) is 0 Å². The molecule has 0 amide bonds. The summed E-state index contributed by atoms with van der Waals surface area (Å²) in [6.45, 7) is 15.1. The molecule has 1 atom stereocenters. The van der Waals surface area contributed by atoms with Crippen LogP contribution in [0.4, 0.5) is 0 Å². The molecular formula is C18H34O2. The van der Waals surface area contributed by atoms with Crippen molar-refractivity contribution < 1.29 is 9.53 Å². The lowest BCUT2D eigenvalue weighted by atomic mass is 9.73. The van der Waals surface area contributed by atoms with Crippen molar-refractivity contribution in [2.75, 3.05) is 0 Å². The lowest BCUT2D eigenvalue weighted by Crippen LogP contribution is -2.45. The minimum absolute atomic E-state index is 0.0248. The Balaban J connectivity index is 2.90. The van der Waals surface area contributed by atoms with E-state index < -0.39 is 0 Å². The summed E-state index contributed by atoms with van der Waals surface area (Å²) in [5.74, 6) is 1.25. The molecule has 1 fully saturated rings. The first kappa shape index (κ1) is 17.5. The molecule has 0 aliphatic heterocycles. The maximum absolute atomic E-state index is 12.9. The van der Waals surface area contributed by atoms with Gasteiger partial charge in [-0.1, -0.05) is 41.5 Å². The summed E-state index contributed by atoms with van der Waals surface area (Å²) in [5, 5.41) is 0. The minimum atomic E-state index is -0.362. The summed E-state index contributed by atoms with van der Waals surface area (Å²) < 4.78 is 6.15. The van der Waals surface area contributed by atoms with Crippen molar-refractivity contribution in [3.8, 4) is 0 Å². The zero-order valence-electron chi connectivity index (χ0n) is 14.6. The molecule has 0 aromatic carbocycles. The van der Waals surface area contributed by atoms with Gasteiger partial charge in [0.25, 0.3) is 0 Å². The predicted molar refractivity (Wildman–Crippen MR) is 84.5 cm³/mol. The molecule has 0 spiro atoms. The highest BCUT2D eigenvalue weighted by Crippen LogP contribution is 2.43. The van der Waals surface area contributed by atoms with Gasteiger partial charge in [0.15, 0.2) is 0 Å². The fraction of sp³-hybridized carbons (Fsp3) is 0.944. The molecule has 0 radical (unpaired) electrons. The number of carbonyl (C=O) groups excluding carboxylic acids is 1. The topological polar surface area (TPSA) is 26.3 Å². The van der Waals surface area contributed by atoms with Crippen molar-refractivity contribution in [2.45, 2.75) is 86.2 Å². The molecular weight excluding hydrogens is 248 g/mol. The Labute approximate surface area is 125 Å². The van der Waals surface area contributed by atoms with Crippen molar-refractivity contribution in [2.24, 2.45) is 23.2 Å². The molecule has 1 unspecified atom stereocenters. The maximum Gasteiger partial charge on any atom is 0.312 e. The van der Waals surface area contributed by atoms with E-state index in [9.17, 15) is 4.79 Å². The van der Waals surface area contributed by atoms with Gasteiger partial charge >= 0.3 is 5.97 Å². The molecule has 1 rings (SSSR count). The van der Waals surface area contributed by atoms with Crippen molar-refractivity contribution in [1.82, 2.24) is 0 Å². The SMILES string of the molecule is CC(C)CC(C)(C(=O)OC1(C(C)C)CCCC1)C(C)C. The predicted octanol–water partition coefficient (Wildman–Crippen LogP) is 5.21. The Morgan fingerprint density at radius 3 is 1.95 bits per heavy atom. The molecule has 118 valence electrons. The Bertz CT molecular complexity index is 324. The standard InChI is InChI=1S/C18H34O2/c1-13(2)12-17(7,14(3)4)16(19)20-18(15(5)6)10-8-9-11-18/h13-15H,8-12H2,1-7H3. The third kappa shape index (κ3) is 3.56. The summed E-state index contributed by atoms with van der Waals surface area (Å²) in [4.78, 5) is 12.9. The van der Waals surface area contributed by atoms with E-state index in [-0.39, 0.29) is 17.0 Å². The number of rotatable bonds is 6. The van der Waals surface area contributed by atoms with E-state index in [1.54, 1.807) is 0 Å². The Morgan fingerprint density at radius 2 is 1.60 bits per heavy atom. The minimum Gasteiger partial charge on any atom is -0.458 e. The van der Waals surface area contributed by atoms with Gasteiger partial charge < -0.3 is 4.74 Å². The van der Waals surface area contributed by atoms with Gasteiger partial charge in [-0.3, -0.25) is 4.79 Å². The second-order valence-corrected chi connectivity index (χ2v) is 7.99.